The van der Waals surface area contributed by atoms with Crippen molar-refractivity contribution in [1.82, 2.24) is 19.9 Å². The first-order valence-electron chi connectivity index (χ1n) is 14.9. The van der Waals surface area contributed by atoms with Crippen LogP contribution >= 0.6 is 0 Å². The number of fused-ring (bicyclic) bond motifs is 6. The second-order valence-corrected chi connectivity index (χ2v) is 10.6. The standard InChI is InChI=1S/C15H10O6.2C12H8N2.Ni.3H2O/c16-13(17)9-3-1-8(2-4-9)11-6-5-10(14(18)19)7-12(11)15(20)21;2*1-3-9-5-6-10-4-2-8-14-12(10)11(9)13-7-1;;;;/h1-7H,(H,16,17)(H,18,19)(H,20,21);2*1-8H;;3*1H2/q;;;+2;;;/p-1. The van der Waals surface area contributed by atoms with Crippen LogP contribution < -0.4 is 10.2 Å². The number of hydrogen-bond acceptors (Lipinski definition) is 9. The molecule has 4 aromatic carbocycles. The zero-order valence-electron chi connectivity index (χ0n) is 27.4. The van der Waals surface area contributed by atoms with Crippen LogP contribution in [0.4, 0.5) is 0 Å². The number of carbonyl (C=O) groups is 3. The fourth-order valence-electron chi connectivity index (χ4n) is 5.24. The molecule has 0 aliphatic rings. The van der Waals surface area contributed by atoms with Crippen molar-refractivity contribution < 1.29 is 62.6 Å². The predicted molar refractivity (Wildman–Crippen MR) is 194 cm³/mol. The van der Waals surface area contributed by atoms with Crippen molar-refractivity contribution in [3.05, 3.63) is 157 Å². The van der Waals surface area contributed by atoms with E-state index in [1.807, 2.05) is 24.3 Å². The van der Waals surface area contributed by atoms with Crippen LogP contribution in [0.1, 0.15) is 31.1 Å². The minimum atomic E-state index is -1.53. The normalized spacial score (nSPS) is 9.74. The third-order valence-electron chi connectivity index (χ3n) is 7.61. The van der Waals surface area contributed by atoms with Crippen molar-refractivity contribution in [3.63, 3.8) is 0 Å². The maximum atomic E-state index is 11.1. The van der Waals surface area contributed by atoms with E-state index >= 15 is 0 Å². The molecule has 0 spiro atoms. The fourth-order valence-corrected chi connectivity index (χ4v) is 5.24. The van der Waals surface area contributed by atoms with Gasteiger partial charge < -0.3 is 41.3 Å². The molecule has 0 aliphatic heterocycles. The van der Waals surface area contributed by atoms with Crippen molar-refractivity contribution in [2.45, 2.75) is 0 Å². The summed E-state index contributed by atoms with van der Waals surface area (Å²) in [7, 11) is 0. The van der Waals surface area contributed by atoms with Gasteiger partial charge in [0, 0.05) is 51.9 Å². The monoisotopic (exact) mass is 757 g/mol. The Bertz CT molecular complexity index is 2300. The maximum Gasteiger partial charge on any atom is 2.00 e. The predicted octanol–water partition coefficient (Wildman–Crippen LogP) is 2.77. The third-order valence-corrected chi connectivity index (χ3v) is 7.61. The Morgan fingerprint density at radius 3 is 1.17 bits per heavy atom. The Morgan fingerprint density at radius 1 is 0.491 bits per heavy atom. The fraction of sp³-hybridized carbons (Fsp3) is 0. The van der Waals surface area contributed by atoms with E-state index in [4.69, 9.17) is 5.11 Å². The smallest absolute Gasteiger partial charge is 0.545 e. The zero-order chi connectivity index (χ0) is 34.3. The molecule has 8 N–H and O–H groups in total. The molecule has 0 fully saturated rings. The van der Waals surface area contributed by atoms with Crippen molar-refractivity contribution in [1.29, 1.82) is 0 Å². The second kappa shape index (κ2) is 19.1. The van der Waals surface area contributed by atoms with Gasteiger partial charge in [-0.25, -0.2) is 4.79 Å². The summed E-state index contributed by atoms with van der Waals surface area (Å²) in [6.45, 7) is 0. The minimum Gasteiger partial charge on any atom is -0.545 e. The molecule has 0 saturated heterocycles. The van der Waals surface area contributed by atoms with Crippen molar-refractivity contribution in [3.8, 4) is 11.1 Å². The molecule has 8 rings (SSSR count). The summed E-state index contributed by atoms with van der Waals surface area (Å²) in [5.74, 6) is -4.13. The van der Waals surface area contributed by atoms with Gasteiger partial charge in [-0.05, 0) is 59.2 Å². The summed E-state index contributed by atoms with van der Waals surface area (Å²) in [4.78, 5) is 50.0. The number of carboxylic acid groups (broad SMARTS) is 3. The van der Waals surface area contributed by atoms with Crippen molar-refractivity contribution in [2.75, 3.05) is 0 Å². The molecule has 270 valence electrons. The van der Waals surface area contributed by atoms with Gasteiger partial charge in [0.2, 0.25) is 0 Å². The van der Waals surface area contributed by atoms with Gasteiger partial charge in [0.15, 0.2) is 0 Å². The van der Waals surface area contributed by atoms with Crippen molar-refractivity contribution >= 4 is 61.5 Å². The van der Waals surface area contributed by atoms with Gasteiger partial charge in [-0.2, -0.15) is 0 Å². The Morgan fingerprint density at radius 2 is 0.849 bits per heavy atom. The van der Waals surface area contributed by atoms with Crippen LogP contribution in [0.5, 0.6) is 0 Å². The van der Waals surface area contributed by atoms with E-state index in [9.17, 15) is 24.6 Å². The molecular formula is C39H31N4NiO9+. The first-order chi connectivity index (χ1) is 23.8. The molecule has 4 heterocycles. The van der Waals surface area contributed by atoms with Gasteiger partial charge in [-0.1, -0.05) is 72.8 Å². The Balaban J connectivity index is 0.000000271. The largest absolute Gasteiger partial charge is 2.00 e. The van der Waals surface area contributed by atoms with E-state index in [2.05, 4.69) is 68.5 Å². The molecule has 0 amide bonds. The van der Waals surface area contributed by atoms with Crippen LogP contribution in [-0.4, -0.2) is 53.9 Å². The van der Waals surface area contributed by atoms with E-state index in [0.29, 0.717) is 5.56 Å². The number of rotatable bonds is 4. The molecule has 0 saturated carbocycles. The van der Waals surface area contributed by atoms with Crippen LogP contribution in [0, 0.1) is 0 Å². The number of aromatic carboxylic acids is 3. The number of nitrogens with zero attached hydrogens (tertiary/aromatic N) is 4. The average Bonchev–Trinajstić information content (AvgIpc) is 3.15. The molecule has 0 unspecified atom stereocenters. The summed E-state index contributed by atoms with van der Waals surface area (Å²) >= 11 is 0. The SMILES string of the molecule is O.O.O=C([O-])c1ccc(-c2ccc(C(=O)O)cc2)c(C(=O)[O-])c1.[Ni+2].[OH3+].c1cnc2c(c1)ccc1cccnc12.c1cnc2c(c1)ccc1cccnc12. The first kappa shape index (κ1) is 42.5. The number of aromatic nitrogens is 4. The van der Waals surface area contributed by atoms with Crippen LogP contribution in [0.15, 0.2) is 140 Å². The van der Waals surface area contributed by atoms with Gasteiger partial charge in [0.05, 0.1) is 39.6 Å². The van der Waals surface area contributed by atoms with Crippen LogP contribution in [-0.2, 0) is 22.0 Å². The van der Waals surface area contributed by atoms with Crippen LogP contribution in [0.2, 0.25) is 0 Å². The summed E-state index contributed by atoms with van der Waals surface area (Å²) < 4.78 is 0. The van der Waals surface area contributed by atoms with E-state index in [0.717, 1.165) is 49.7 Å². The Hall–Kier alpha value is -6.70. The second-order valence-electron chi connectivity index (χ2n) is 10.6. The van der Waals surface area contributed by atoms with Crippen molar-refractivity contribution in [2.24, 2.45) is 0 Å². The van der Waals surface area contributed by atoms with Gasteiger partial charge in [0.1, 0.15) is 0 Å². The van der Waals surface area contributed by atoms with Gasteiger partial charge >= 0.3 is 22.5 Å². The number of carbonyl (C=O) groups excluding carboxylic acids is 2. The number of benzene rings is 4. The number of carboxylic acids is 3. The quantitative estimate of drug-likeness (QED) is 0.156. The van der Waals surface area contributed by atoms with E-state index in [1.165, 1.54) is 36.4 Å². The summed E-state index contributed by atoms with van der Waals surface area (Å²) in [6, 6.07) is 33.3. The van der Waals surface area contributed by atoms with Gasteiger partial charge in [-0.15, -0.1) is 0 Å². The molecule has 0 aliphatic carbocycles. The Labute approximate surface area is 311 Å². The van der Waals surface area contributed by atoms with Crippen LogP contribution in [0.25, 0.3) is 54.7 Å². The third kappa shape index (κ3) is 9.55. The molecule has 14 heteroatoms. The molecular weight excluding hydrogens is 727 g/mol. The maximum absolute atomic E-state index is 11.1. The van der Waals surface area contributed by atoms with E-state index < -0.39 is 17.9 Å². The summed E-state index contributed by atoms with van der Waals surface area (Å²) in [5.41, 5.74) is 4.05. The number of pyridine rings is 4. The summed E-state index contributed by atoms with van der Waals surface area (Å²) in [5, 5.41) is 35.2. The minimum absolute atomic E-state index is 0. The molecule has 0 atom stereocenters. The molecule has 8 aromatic rings. The molecule has 0 bridgehead atoms. The van der Waals surface area contributed by atoms with Crippen LogP contribution in [0.3, 0.4) is 0 Å². The van der Waals surface area contributed by atoms with E-state index in [1.54, 1.807) is 24.8 Å². The average molecular weight is 758 g/mol. The molecule has 0 radical (unpaired) electrons. The molecule has 13 nitrogen and oxygen atoms in total. The van der Waals surface area contributed by atoms with Gasteiger partial charge in [-0.3, -0.25) is 19.9 Å². The van der Waals surface area contributed by atoms with E-state index in [-0.39, 0.29) is 55.2 Å². The number of hydrogen-bond donors (Lipinski definition) is 1. The Kier molecular flexibility index (Phi) is 15.3. The summed E-state index contributed by atoms with van der Waals surface area (Å²) in [6.07, 6.45) is 7.21. The first-order valence-corrected chi connectivity index (χ1v) is 14.9. The molecule has 4 aromatic heterocycles. The molecule has 53 heavy (non-hydrogen) atoms. The zero-order valence-corrected chi connectivity index (χ0v) is 28.4. The topological polar surface area (TPSA) is 265 Å². The van der Waals surface area contributed by atoms with Gasteiger partial charge in [0.25, 0.3) is 0 Å².